The van der Waals surface area contributed by atoms with E-state index in [1.165, 1.54) is 17.2 Å². The maximum absolute atomic E-state index is 6.00. The largest absolute Gasteiger partial charge is 0.495 e. The zero-order chi connectivity index (χ0) is 18.7. The van der Waals surface area contributed by atoms with E-state index in [1.807, 2.05) is 0 Å². The molecule has 0 fully saturated rings. The van der Waals surface area contributed by atoms with Gasteiger partial charge >= 0.3 is 0 Å². The minimum Gasteiger partial charge on any atom is -0.495 e. The minimum atomic E-state index is -1.07. The van der Waals surface area contributed by atoms with Crippen molar-refractivity contribution in [1.82, 2.24) is 14.5 Å². The van der Waals surface area contributed by atoms with Crippen LogP contribution < -0.4 is 4.74 Å². The number of hydrogen-bond acceptors (Lipinski definition) is 4. The lowest BCUT2D eigenvalue weighted by molar-refractivity contribution is 0.0902. The van der Waals surface area contributed by atoms with E-state index < -0.39 is 8.07 Å². The number of nitrogens with zero attached hydrogens (tertiary/aromatic N) is 3. The summed E-state index contributed by atoms with van der Waals surface area (Å²) in [5.74, 6) is 0.780. The summed E-state index contributed by atoms with van der Waals surface area (Å²) >= 11 is 0. The van der Waals surface area contributed by atoms with Gasteiger partial charge in [-0.2, -0.15) is 0 Å². The van der Waals surface area contributed by atoms with Crippen molar-refractivity contribution >= 4 is 24.7 Å². The molecule has 0 spiro atoms. The van der Waals surface area contributed by atoms with E-state index >= 15 is 0 Å². The molecule has 0 atom stereocenters. The highest BCUT2D eigenvalue weighted by molar-refractivity contribution is 6.76. The number of likely N-dealkylation sites (N-methyl/N-ethyl adjacent to an activating group) is 1. The van der Waals surface area contributed by atoms with Crippen LogP contribution in [0.1, 0.15) is 12.0 Å². The van der Waals surface area contributed by atoms with Gasteiger partial charge < -0.3 is 18.9 Å². The summed E-state index contributed by atoms with van der Waals surface area (Å²) in [4.78, 5) is 7.02. The van der Waals surface area contributed by atoms with Crippen LogP contribution in [-0.2, 0) is 11.5 Å². The molecule has 5 nitrogen and oxygen atoms in total. The van der Waals surface area contributed by atoms with Crippen LogP contribution >= 0.6 is 0 Å². The topological polar surface area (TPSA) is 39.5 Å². The van der Waals surface area contributed by atoms with Crippen LogP contribution in [0.15, 0.2) is 24.5 Å². The number of hydrogen-bond donors (Lipinski definition) is 0. The van der Waals surface area contributed by atoms with Crippen molar-refractivity contribution in [2.24, 2.45) is 0 Å². The molecule has 3 rings (SSSR count). The molecule has 6 heteroatoms. The highest BCUT2D eigenvalue weighted by Crippen LogP contribution is 2.31. The fourth-order valence-electron chi connectivity index (χ4n) is 3.16. The number of aromatic nitrogens is 2. The molecule has 0 bridgehead atoms. The molecule has 26 heavy (non-hydrogen) atoms. The van der Waals surface area contributed by atoms with Crippen LogP contribution in [0.5, 0.6) is 5.75 Å². The van der Waals surface area contributed by atoms with Crippen LogP contribution in [-0.4, -0.2) is 56.4 Å². The highest BCUT2D eigenvalue weighted by Gasteiger charge is 2.18. The van der Waals surface area contributed by atoms with Gasteiger partial charge in [0.2, 0.25) is 0 Å². The fourth-order valence-corrected chi connectivity index (χ4v) is 3.91. The van der Waals surface area contributed by atoms with E-state index in [9.17, 15) is 0 Å². The Morgan fingerprint density at radius 3 is 2.73 bits per heavy atom. The summed E-state index contributed by atoms with van der Waals surface area (Å²) in [7, 11) is 2.77. The standard InChI is InChI=1S/C20H31N3O2Si/c1-22-8-6-16(7-9-22)18-14-23(15-25-10-11-26(3,4)5)19-12-17(24-2)13-21-20(18)19/h6,12-14H,7-11,15H2,1-5H3. The zero-order valence-electron chi connectivity index (χ0n) is 16.7. The minimum absolute atomic E-state index is 0.559. The van der Waals surface area contributed by atoms with Crippen molar-refractivity contribution in [2.45, 2.75) is 38.8 Å². The lowest BCUT2D eigenvalue weighted by atomic mass is 10.0. The number of fused-ring (bicyclic) bond motifs is 1. The van der Waals surface area contributed by atoms with Crippen molar-refractivity contribution in [3.8, 4) is 5.75 Å². The van der Waals surface area contributed by atoms with Gasteiger partial charge in [0.05, 0.1) is 24.3 Å². The third kappa shape index (κ3) is 4.55. The Kier molecular flexibility index (Phi) is 5.85. The first-order valence-corrected chi connectivity index (χ1v) is 13.1. The second kappa shape index (κ2) is 7.94. The van der Waals surface area contributed by atoms with Gasteiger partial charge in [-0.1, -0.05) is 25.7 Å². The monoisotopic (exact) mass is 373 g/mol. The second-order valence-electron chi connectivity index (χ2n) is 8.35. The molecule has 2 aromatic heterocycles. The first-order chi connectivity index (χ1) is 12.4. The number of methoxy groups -OCH3 is 1. The summed E-state index contributed by atoms with van der Waals surface area (Å²) in [6, 6.07) is 3.24. The SMILES string of the molecule is COc1cnc2c(C3=CCN(C)CC3)cn(COCC[Si](C)(C)C)c2c1. The molecular formula is C20H31N3O2Si. The molecular weight excluding hydrogens is 342 g/mol. The molecule has 142 valence electrons. The van der Waals surface area contributed by atoms with Gasteiger partial charge in [-0.15, -0.1) is 0 Å². The van der Waals surface area contributed by atoms with Gasteiger partial charge in [-0.25, -0.2) is 0 Å². The van der Waals surface area contributed by atoms with Gasteiger partial charge in [0, 0.05) is 45.6 Å². The van der Waals surface area contributed by atoms with Gasteiger partial charge in [-0.05, 0) is 25.1 Å². The molecule has 0 unspecified atom stereocenters. The maximum atomic E-state index is 6.00. The van der Waals surface area contributed by atoms with Gasteiger partial charge in [0.25, 0.3) is 0 Å². The van der Waals surface area contributed by atoms with E-state index in [0.717, 1.165) is 42.9 Å². The van der Waals surface area contributed by atoms with E-state index in [2.05, 4.69) is 59.5 Å². The Bertz CT molecular complexity index is 792. The zero-order valence-corrected chi connectivity index (χ0v) is 17.7. The van der Waals surface area contributed by atoms with E-state index in [4.69, 9.17) is 9.47 Å². The average molecular weight is 374 g/mol. The van der Waals surface area contributed by atoms with Gasteiger partial charge in [0.15, 0.2) is 0 Å². The molecule has 3 heterocycles. The summed E-state index contributed by atoms with van der Waals surface area (Å²) in [6.45, 7) is 10.6. The predicted molar refractivity (Wildman–Crippen MR) is 110 cm³/mol. The second-order valence-corrected chi connectivity index (χ2v) is 14.0. The molecule has 1 aliphatic rings. The first kappa shape index (κ1) is 19.1. The van der Waals surface area contributed by atoms with Crippen molar-refractivity contribution in [2.75, 3.05) is 33.9 Å². The Balaban J connectivity index is 1.87. The summed E-state index contributed by atoms with van der Waals surface area (Å²) < 4.78 is 13.6. The molecule has 2 aromatic rings. The summed E-state index contributed by atoms with van der Waals surface area (Å²) in [5, 5.41) is 0. The lowest BCUT2D eigenvalue weighted by Gasteiger charge is -2.21. The van der Waals surface area contributed by atoms with Crippen molar-refractivity contribution < 1.29 is 9.47 Å². The van der Waals surface area contributed by atoms with E-state index in [-0.39, 0.29) is 0 Å². The summed E-state index contributed by atoms with van der Waals surface area (Å²) in [6.07, 6.45) is 7.38. The van der Waals surface area contributed by atoms with Crippen molar-refractivity contribution in [1.29, 1.82) is 0 Å². The fraction of sp³-hybridized carbons (Fsp3) is 0.550. The Labute approximate surface area is 157 Å². The molecule has 0 aliphatic carbocycles. The Morgan fingerprint density at radius 2 is 2.08 bits per heavy atom. The Morgan fingerprint density at radius 1 is 1.27 bits per heavy atom. The third-order valence-corrected chi connectivity index (χ3v) is 6.62. The van der Waals surface area contributed by atoms with Gasteiger partial charge in [-0.3, -0.25) is 4.98 Å². The van der Waals surface area contributed by atoms with Crippen LogP contribution in [0, 0.1) is 0 Å². The predicted octanol–water partition coefficient (Wildman–Crippen LogP) is 4.08. The van der Waals surface area contributed by atoms with E-state index in [1.54, 1.807) is 13.3 Å². The normalized spacial score (nSPS) is 16.1. The van der Waals surface area contributed by atoms with Crippen LogP contribution in [0.25, 0.3) is 16.6 Å². The maximum Gasteiger partial charge on any atom is 0.139 e. The molecule has 0 aromatic carbocycles. The van der Waals surface area contributed by atoms with Crippen LogP contribution in [0.2, 0.25) is 25.7 Å². The number of ether oxygens (including phenoxy) is 2. The van der Waals surface area contributed by atoms with Crippen LogP contribution in [0.3, 0.4) is 0 Å². The third-order valence-electron chi connectivity index (χ3n) is 4.91. The quantitative estimate of drug-likeness (QED) is 0.542. The lowest BCUT2D eigenvalue weighted by Crippen LogP contribution is -2.23. The number of rotatable bonds is 7. The molecule has 0 saturated heterocycles. The Hall–Kier alpha value is -1.63. The number of pyridine rings is 1. The molecule has 0 N–H and O–H groups in total. The van der Waals surface area contributed by atoms with Gasteiger partial charge in [0.1, 0.15) is 12.5 Å². The molecule has 0 amide bonds. The van der Waals surface area contributed by atoms with Crippen LogP contribution in [0.4, 0.5) is 0 Å². The molecule has 0 saturated carbocycles. The molecule has 0 radical (unpaired) electrons. The van der Waals surface area contributed by atoms with Crippen molar-refractivity contribution in [3.63, 3.8) is 0 Å². The smallest absolute Gasteiger partial charge is 0.139 e. The average Bonchev–Trinajstić information content (AvgIpc) is 2.96. The highest BCUT2D eigenvalue weighted by atomic mass is 28.3. The first-order valence-electron chi connectivity index (χ1n) is 9.36. The molecule has 1 aliphatic heterocycles. The van der Waals surface area contributed by atoms with Crippen molar-refractivity contribution in [3.05, 3.63) is 30.1 Å². The van der Waals surface area contributed by atoms with E-state index in [0.29, 0.717) is 6.73 Å². The summed E-state index contributed by atoms with van der Waals surface area (Å²) in [5.41, 5.74) is 4.72.